The summed E-state index contributed by atoms with van der Waals surface area (Å²) >= 11 is 0. The average molecular weight is 267 g/mol. The van der Waals surface area contributed by atoms with Crippen LogP contribution in [0.3, 0.4) is 0 Å². The largest absolute Gasteiger partial charge is 0.390 e. The van der Waals surface area contributed by atoms with Crippen molar-refractivity contribution in [3.05, 3.63) is 18.0 Å². The van der Waals surface area contributed by atoms with Crippen LogP contribution in [0.25, 0.3) is 0 Å². The second kappa shape index (κ2) is 5.33. The molecule has 1 rings (SSSR count). The van der Waals surface area contributed by atoms with Gasteiger partial charge in [0.15, 0.2) is 0 Å². The highest BCUT2D eigenvalue weighted by molar-refractivity contribution is 5.92. The van der Waals surface area contributed by atoms with Crippen molar-refractivity contribution in [3.8, 4) is 0 Å². The lowest BCUT2D eigenvalue weighted by atomic mass is 9.77. The summed E-state index contributed by atoms with van der Waals surface area (Å²) in [4.78, 5) is 12.0. The SMILES string of the molecule is CC(C)n1ccc(C(=O)NCC(C)(C)C(C)(C)O)n1. The Balaban J connectivity index is 2.65. The van der Waals surface area contributed by atoms with E-state index in [4.69, 9.17) is 0 Å². The van der Waals surface area contributed by atoms with Crippen molar-refractivity contribution in [2.45, 2.75) is 53.2 Å². The Bertz CT molecular complexity index is 442. The van der Waals surface area contributed by atoms with Gasteiger partial charge in [-0.1, -0.05) is 13.8 Å². The Morgan fingerprint density at radius 2 is 2.00 bits per heavy atom. The van der Waals surface area contributed by atoms with Gasteiger partial charge in [0.1, 0.15) is 5.69 Å². The van der Waals surface area contributed by atoms with E-state index in [9.17, 15) is 9.90 Å². The normalized spacial score (nSPS) is 12.8. The third-order valence-corrected chi connectivity index (χ3v) is 3.72. The third-order valence-electron chi connectivity index (χ3n) is 3.72. The number of aliphatic hydroxyl groups is 1. The van der Waals surface area contributed by atoms with E-state index in [1.165, 1.54) is 0 Å². The number of carbonyl (C=O) groups is 1. The van der Waals surface area contributed by atoms with E-state index < -0.39 is 11.0 Å². The molecule has 0 aromatic carbocycles. The van der Waals surface area contributed by atoms with Crippen LogP contribution in [0.1, 0.15) is 58.1 Å². The van der Waals surface area contributed by atoms with E-state index in [0.717, 1.165) is 0 Å². The zero-order chi connectivity index (χ0) is 14.8. The van der Waals surface area contributed by atoms with Gasteiger partial charge in [-0.05, 0) is 33.8 Å². The maximum atomic E-state index is 12.0. The van der Waals surface area contributed by atoms with Crippen LogP contribution in [0.5, 0.6) is 0 Å². The quantitative estimate of drug-likeness (QED) is 0.857. The van der Waals surface area contributed by atoms with Crippen molar-refractivity contribution >= 4 is 5.91 Å². The number of hydrogen-bond donors (Lipinski definition) is 2. The van der Waals surface area contributed by atoms with Gasteiger partial charge >= 0.3 is 0 Å². The van der Waals surface area contributed by atoms with Crippen LogP contribution >= 0.6 is 0 Å². The first-order valence-corrected chi connectivity index (χ1v) is 6.60. The molecule has 5 nitrogen and oxygen atoms in total. The molecule has 0 bridgehead atoms. The summed E-state index contributed by atoms with van der Waals surface area (Å²) in [5, 5.41) is 17.1. The maximum Gasteiger partial charge on any atom is 0.271 e. The number of nitrogens with one attached hydrogen (secondary N) is 1. The minimum Gasteiger partial charge on any atom is -0.390 e. The molecule has 0 unspecified atom stereocenters. The van der Waals surface area contributed by atoms with E-state index in [0.29, 0.717) is 12.2 Å². The number of aromatic nitrogens is 2. The fourth-order valence-corrected chi connectivity index (χ4v) is 1.35. The predicted octanol–water partition coefficient (Wildman–Crippen LogP) is 1.99. The topological polar surface area (TPSA) is 67.2 Å². The maximum absolute atomic E-state index is 12.0. The van der Waals surface area contributed by atoms with Gasteiger partial charge in [0.25, 0.3) is 5.91 Å². The minimum absolute atomic E-state index is 0.211. The van der Waals surface area contributed by atoms with Gasteiger partial charge in [-0.2, -0.15) is 5.10 Å². The number of nitrogens with zero attached hydrogens (tertiary/aromatic N) is 2. The Labute approximate surface area is 115 Å². The molecule has 0 aliphatic carbocycles. The van der Waals surface area contributed by atoms with Gasteiger partial charge in [-0.3, -0.25) is 9.48 Å². The van der Waals surface area contributed by atoms with Gasteiger partial charge in [0.05, 0.1) is 5.60 Å². The first-order valence-electron chi connectivity index (χ1n) is 6.60. The Morgan fingerprint density at radius 3 is 2.42 bits per heavy atom. The van der Waals surface area contributed by atoms with Gasteiger partial charge in [0, 0.05) is 24.2 Å². The Kier molecular flexibility index (Phi) is 4.40. The first kappa shape index (κ1) is 15.7. The predicted molar refractivity (Wildman–Crippen MR) is 75.0 cm³/mol. The van der Waals surface area contributed by atoms with Crippen molar-refractivity contribution in [3.63, 3.8) is 0 Å². The van der Waals surface area contributed by atoms with Gasteiger partial charge < -0.3 is 10.4 Å². The monoisotopic (exact) mass is 267 g/mol. The van der Waals surface area contributed by atoms with Crippen LogP contribution in [0, 0.1) is 5.41 Å². The van der Waals surface area contributed by atoms with Crippen molar-refractivity contribution in [1.82, 2.24) is 15.1 Å². The number of amides is 1. The second-order valence-electron chi connectivity index (χ2n) is 6.40. The number of rotatable bonds is 5. The average Bonchev–Trinajstić information content (AvgIpc) is 2.73. The summed E-state index contributed by atoms with van der Waals surface area (Å²) < 4.78 is 1.75. The molecule has 0 aliphatic heterocycles. The van der Waals surface area contributed by atoms with Crippen LogP contribution in [-0.4, -0.2) is 32.9 Å². The van der Waals surface area contributed by atoms with E-state index in [1.54, 1.807) is 30.8 Å². The molecule has 1 aromatic heterocycles. The van der Waals surface area contributed by atoms with Crippen molar-refractivity contribution < 1.29 is 9.90 Å². The summed E-state index contributed by atoms with van der Waals surface area (Å²) in [6, 6.07) is 1.93. The first-order chi connectivity index (χ1) is 8.54. The lowest BCUT2D eigenvalue weighted by molar-refractivity contribution is -0.0327. The number of carbonyl (C=O) groups excluding carboxylic acids is 1. The highest BCUT2D eigenvalue weighted by Gasteiger charge is 2.35. The summed E-state index contributed by atoms with van der Waals surface area (Å²) in [5.41, 5.74) is -0.874. The minimum atomic E-state index is -0.864. The molecule has 19 heavy (non-hydrogen) atoms. The molecular formula is C14H25N3O2. The molecule has 0 saturated carbocycles. The van der Waals surface area contributed by atoms with Crippen molar-refractivity contribution in [2.24, 2.45) is 5.41 Å². The molecule has 1 heterocycles. The van der Waals surface area contributed by atoms with Crippen LogP contribution in [0.15, 0.2) is 12.3 Å². The lowest BCUT2D eigenvalue weighted by Crippen LogP contribution is -2.47. The van der Waals surface area contributed by atoms with Crippen molar-refractivity contribution in [1.29, 1.82) is 0 Å². The molecule has 0 fully saturated rings. The summed E-state index contributed by atoms with van der Waals surface area (Å²) in [5.74, 6) is -0.211. The summed E-state index contributed by atoms with van der Waals surface area (Å²) in [7, 11) is 0. The molecule has 108 valence electrons. The van der Waals surface area contributed by atoms with E-state index >= 15 is 0 Å². The van der Waals surface area contributed by atoms with E-state index in [2.05, 4.69) is 10.4 Å². The van der Waals surface area contributed by atoms with E-state index in [1.807, 2.05) is 27.7 Å². The van der Waals surface area contributed by atoms with Crippen LogP contribution in [0.4, 0.5) is 0 Å². The second-order valence-corrected chi connectivity index (χ2v) is 6.40. The standard InChI is InChI=1S/C14H25N3O2/c1-10(2)17-8-7-11(16-17)12(18)15-9-13(3,4)14(5,6)19/h7-8,10,19H,9H2,1-6H3,(H,15,18). The smallest absolute Gasteiger partial charge is 0.271 e. The summed E-state index contributed by atoms with van der Waals surface area (Å²) in [6.07, 6.45) is 1.79. The number of hydrogen-bond acceptors (Lipinski definition) is 3. The molecule has 1 aromatic rings. The molecule has 0 spiro atoms. The van der Waals surface area contributed by atoms with E-state index in [-0.39, 0.29) is 11.9 Å². The van der Waals surface area contributed by atoms with Gasteiger partial charge in [0.2, 0.25) is 0 Å². The van der Waals surface area contributed by atoms with Crippen LogP contribution in [0.2, 0.25) is 0 Å². The van der Waals surface area contributed by atoms with Crippen LogP contribution in [-0.2, 0) is 0 Å². The van der Waals surface area contributed by atoms with Crippen molar-refractivity contribution in [2.75, 3.05) is 6.54 Å². The van der Waals surface area contributed by atoms with Gasteiger partial charge in [-0.25, -0.2) is 0 Å². The summed E-state index contributed by atoms with van der Waals surface area (Å²) in [6.45, 7) is 11.7. The zero-order valence-electron chi connectivity index (χ0n) is 12.7. The fraction of sp³-hybridized carbons (Fsp3) is 0.714. The Hall–Kier alpha value is -1.36. The van der Waals surface area contributed by atoms with Gasteiger partial charge in [-0.15, -0.1) is 0 Å². The molecule has 0 radical (unpaired) electrons. The molecule has 0 atom stereocenters. The lowest BCUT2D eigenvalue weighted by Gasteiger charge is -2.37. The third kappa shape index (κ3) is 3.80. The molecule has 0 aliphatic rings. The zero-order valence-corrected chi connectivity index (χ0v) is 12.7. The molecule has 0 saturated heterocycles. The highest BCUT2D eigenvalue weighted by atomic mass is 16.3. The molecule has 1 amide bonds. The Morgan fingerprint density at radius 1 is 1.42 bits per heavy atom. The molecular weight excluding hydrogens is 242 g/mol. The highest BCUT2D eigenvalue weighted by Crippen LogP contribution is 2.29. The molecule has 5 heteroatoms. The molecule has 2 N–H and O–H groups in total. The fourth-order valence-electron chi connectivity index (χ4n) is 1.35. The van der Waals surface area contributed by atoms with Crippen LogP contribution < -0.4 is 5.32 Å².